The second kappa shape index (κ2) is 8.11. The number of hydrogen-bond acceptors (Lipinski definition) is 6. The highest BCUT2D eigenvalue weighted by atomic mass is 16.5. The van der Waals surface area contributed by atoms with Crippen LogP contribution in [0.4, 0.5) is 0 Å². The van der Waals surface area contributed by atoms with Crippen molar-refractivity contribution in [2.45, 2.75) is 30.5 Å². The van der Waals surface area contributed by atoms with E-state index >= 15 is 0 Å². The Kier molecular flexibility index (Phi) is 5.47. The Labute approximate surface area is 179 Å². The van der Waals surface area contributed by atoms with Crippen molar-refractivity contribution in [3.8, 4) is 5.75 Å². The molecule has 1 spiro atoms. The van der Waals surface area contributed by atoms with Gasteiger partial charge in [0.05, 0.1) is 31.9 Å². The average molecular weight is 415 g/mol. The summed E-state index contributed by atoms with van der Waals surface area (Å²) in [6, 6.07) is 8.51. The molecule has 0 aromatic heterocycles. The number of fused-ring (bicyclic) bond motifs is 2. The van der Waals surface area contributed by atoms with Gasteiger partial charge in [-0.2, -0.15) is 0 Å². The SMILES string of the molecule is COc1cccc(C(=O)N2C[C@@H]3COCCN3C3(C2)CN(C2CCN(C)CC2)C3)c1. The molecular weight excluding hydrogens is 380 g/mol. The quantitative estimate of drug-likeness (QED) is 0.736. The minimum atomic E-state index is 0.0740. The maximum atomic E-state index is 13.4. The van der Waals surface area contributed by atoms with Gasteiger partial charge in [0.15, 0.2) is 0 Å². The summed E-state index contributed by atoms with van der Waals surface area (Å²) in [7, 11) is 3.86. The standard InChI is InChI=1S/C23H34N4O3/c1-24-8-6-19(7-9-24)26-16-23(17-26)15-25(13-20-14-30-11-10-27(20)23)22(28)18-4-3-5-21(12-18)29-2/h3-5,12,19-20H,6-11,13-17H2,1-2H3/t20-/m1/s1. The topological polar surface area (TPSA) is 48.5 Å². The molecule has 30 heavy (non-hydrogen) atoms. The Hall–Kier alpha value is -1.67. The van der Waals surface area contributed by atoms with Crippen LogP contribution in [0.2, 0.25) is 0 Å². The number of amides is 1. The summed E-state index contributed by atoms with van der Waals surface area (Å²) >= 11 is 0. The van der Waals surface area contributed by atoms with Crippen molar-refractivity contribution in [3.05, 3.63) is 29.8 Å². The first-order chi connectivity index (χ1) is 14.6. The highest BCUT2D eigenvalue weighted by molar-refractivity contribution is 5.94. The lowest BCUT2D eigenvalue weighted by Gasteiger charge is -2.65. The number of carbonyl (C=O) groups is 1. The molecule has 164 valence electrons. The van der Waals surface area contributed by atoms with Crippen molar-refractivity contribution in [2.24, 2.45) is 0 Å². The Balaban J connectivity index is 1.33. The van der Waals surface area contributed by atoms with E-state index in [1.165, 1.54) is 25.9 Å². The number of hydrogen-bond donors (Lipinski definition) is 0. The monoisotopic (exact) mass is 414 g/mol. The van der Waals surface area contributed by atoms with Gasteiger partial charge in [-0.1, -0.05) is 6.07 Å². The van der Waals surface area contributed by atoms with Gasteiger partial charge in [0.25, 0.3) is 5.91 Å². The van der Waals surface area contributed by atoms with Crippen LogP contribution < -0.4 is 4.74 Å². The summed E-state index contributed by atoms with van der Waals surface area (Å²) in [5.41, 5.74) is 0.783. The van der Waals surface area contributed by atoms with Crippen molar-refractivity contribution in [2.75, 3.05) is 73.2 Å². The van der Waals surface area contributed by atoms with Gasteiger partial charge in [-0.05, 0) is 51.2 Å². The fourth-order valence-corrected chi connectivity index (χ4v) is 5.90. The molecule has 1 atom stereocenters. The second-order valence-corrected chi connectivity index (χ2v) is 9.50. The van der Waals surface area contributed by atoms with E-state index in [0.717, 1.165) is 51.7 Å². The summed E-state index contributed by atoms with van der Waals surface area (Å²) in [4.78, 5) is 23.2. The van der Waals surface area contributed by atoms with Crippen LogP contribution in [-0.4, -0.2) is 116 Å². The third kappa shape index (κ3) is 3.62. The molecule has 4 saturated heterocycles. The van der Waals surface area contributed by atoms with E-state index in [-0.39, 0.29) is 11.4 Å². The Morgan fingerprint density at radius 1 is 1.13 bits per heavy atom. The van der Waals surface area contributed by atoms with Crippen LogP contribution in [0.3, 0.4) is 0 Å². The molecule has 0 aliphatic carbocycles. The largest absolute Gasteiger partial charge is 0.497 e. The van der Waals surface area contributed by atoms with E-state index in [9.17, 15) is 4.79 Å². The minimum Gasteiger partial charge on any atom is -0.497 e. The zero-order valence-electron chi connectivity index (χ0n) is 18.3. The second-order valence-electron chi connectivity index (χ2n) is 9.50. The van der Waals surface area contributed by atoms with E-state index in [1.807, 2.05) is 24.3 Å². The molecule has 7 nitrogen and oxygen atoms in total. The average Bonchev–Trinajstić information content (AvgIpc) is 2.77. The first kappa shape index (κ1) is 20.2. The zero-order valence-corrected chi connectivity index (χ0v) is 18.3. The number of methoxy groups -OCH3 is 1. The number of piperidine rings is 1. The first-order valence-corrected chi connectivity index (χ1v) is 11.3. The van der Waals surface area contributed by atoms with Crippen molar-refractivity contribution in [3.63, 3.8) is 0 Å². The molecule has 1 amide bonds. The molecule has 0 unspecified atom stereocenters. The molecule has 1 aromatic rings. The van der Waals surface area contributed by atoms with Gasteiger partial charge in [-0.15, -0.1) is 0 Å². The van der Waals surface area contributed by atoms with Gasteiger partial charge in [0, 0.05) is 44.3 Å². The van der Waals surface area contributed by atoms with Gasteiger partial charge >= 0.3 is 0 Å². The predicted octanol–water partition coefficient (Wildman–Crippen LogP) is 1.00. The third-order valence-electron chi connectivity index (χ3n) is 7.56. The number of piperazine rings is 1. The number of likely N-dealkylation sites (tertiary alicyclic amines) is 2. The van der Waals surface area contributed by atoms with E-state index in [0.29, 0.717) is 17.6 Å². The number of benzene rings is 1. The van der Waals surface area contributed by atoms with Crippen LogP contribution in [-0.2, 0) is 4.74 Å². The lowest BCUT2D eigenvalue weighted by atomic mass is 9.80. The number of morpholine rings is 1. The van der Waals surface area contributed by atoms with Crippen molar-refractivity contribution >= 4 is 5.91 Å². The molecule has 4 aliphatic heterocycles. The Morgan fingerprint density at radius 3 is 2.70 bits per heavy atom. The number of rotatable bonds is 3. The highest BCUT2D eigenvalue weighted by Crippen LogP contribution is 2.38. The fraction of sp³-hybridized carbons (Fsp3) is 0.696. The molecule has 7 heteroatoms. The van der Waals surface area contributed by atoms with Gasteiger partial charge in [-0.3, -0.25) is 14.6 Å². The molecule has 1 aromatic carbocycles. The molecule has 4 aliphatic rings. The number of ether oxygens (including phenoxy) is 2. The van der Waals surface area contributed by atoms with Crippen LogP contribution in [0.25, 0.3) is 0 Å². The molecule has 0 N–H and O–H groups in total. The smallest absolute Gasteiger partial charge is 0.254 e. The predicted molar refractivity (Wildman–Crippen MR) is 115 cm³/mol. The molecule has 5 rings (SSSR count). The van der Waals surface area contributed by atoms with E-state index in [4.69, 9.17) is 9.47 Å². The van der Waals surface area contributed by atoms with Gasteiger partial charge in [0.1, 0.15) is 5.75 Å². The normalized spacial score (nSPS) is 28.2. The Bertz CT molecular complexity index is 773. The highest BCUT2D eigenvalue weighted by Gasteiger charge is 2.56. The van der Waals surface area contributed by atoms with Crippen molar-refractivity contribution < 1.29 is 14.3 Å². The summed E-state index contributed by atoms with van der Waals surface area (Å²) in [5.74, 6) is 0.837. The first-order valence-electron chi connectivity index (χ1n) is 11.3. The summed E-state index contributed by atoms with van der Waals surface area (Å²) in [6.07, 6.45) is 2.51. The minimum absolute atomic E-state index is 0.0740. The maximum absolute atomic E-state index is 13.4. The number of nitrogens with zero attached hydrogens (tertiary/aromatic N) is 4. The van der Waals surface area contributed by atoms with Crippen LogP contribution in [0.5, 0.6) is 5.75 Å². The molecule has 0 bridgehead atoms. The van der Waals surface area contributed by atoms with Crippen molar-refractivity contribution in [1.29, 1.82) is 0 Å². The summed E-state index contributed by atoms with van der Waals surface area (Å²) in [5, 5.41) is 0. The Morgan fingerprint density at radius 2 is 1.93 bits per heavy atom. The van der Waals surface area contributed by atoms with E-state index < -0.39 is 0 Å². The molecule has 4 heterocycles. The lowest BCUT2D eigenvalue weighted by Crippen LogP contribution is -2.82. The van der Waals surface area contributed by atoms with E-state index in [2.05, 4.69) is 26.6 Å². The van der Waals surface area contributed by atoms with E-state index in [1.54, 1.807) is 7.11 Å². The number of carbonyl (C=O) groups excluding carboxylic acids is 1. The molecule has 0 saturated carbocycles. The maximum Gasteiger partial charge on any atom is 0.254 e. The lowest BCUT2D eigenvalue weighted by molar-refractivity contribution is -0.169. The fourth-order valence-electron chi connectivity index (χ4n) is 5.90. The van der Waals surface area contributed by atoms with Gasteiger partial charge in [-0.25, -0.2) is 0 Å². The van der Waals surface area contributed by atoms with Crippen LogP contribution in [0.15, 0.2) is 24.3 Å². The van der Waals surface area contributed by atoms with Crippen molar-refractivity contribution in [1.82, 2.24) is 19.6 Å². The molecule has 4 fully saturated rings. The van der Waals surface area contributed by atoms with Crippen LogP contribution in [0, 0.1) is 0 Å². The van der Waals surface area contributed by atoms with Gasteiger partial charge in [0.2, 0.25) is 0 Å². The van der Waals surface area contributed by atoms with Crippen LogP contribution in [0.1, 0.15) is 23.2 Å². The third-order valence-corrected chi connectivity index (χ3v) is 7.56. The zero-order chi connectivity index (χ0) is 20.7. The van der Waals surface area contributed by atoms with Crippen LogP contribution >= 0.6 is 0 Å². The molecular formula is C23H34N4O3. The summed E-state index contributed by atoms with van der Waals surface area (Å²) < 4.78 is 11.1. The van der Waals surface area contributed by atoms with Gasteiger partial charge < -0.3 is 19.3 Å². The molecule has 0 radical (unpaired) electrons. The summed E-state index contributed by atoms with van der Waals surface area (Å²) in [6.45, 7) is 8.57.